The van der Waals surface area contributed by atoms with E-state index >= 15 is 0 Å². The Balaban J connectivity index is 2.42. The molecule has 0 radical (unpaired) electrons. The Bertz CT molecular complexity index is 600. The molecule has 0 saturated heterocycles. The second kappa shape index (κ2) is 5.27. The molecule has 0 amide bonds. The summed E-state index contributed by atoms with van der Waals surface area (Å²) in [6.07, 6.45) is 0. The number of hydrogen-bond donors (Lipinski definition) is 1. The van der Waals surface area contributed by atoms with Gasteiger partial charge in [0.1, 0.15) is 11.7 Å². The monoisotopic (exact) mass is 253 g/mol. The minimum absolute atomic E-state index is 0.183. The highest BCUT2D eigenvalue weighted by Crippen LogP contribution is 2.27. The van der Waals surface area contributed by atoms with Gasteiger partial charge in [0.15, 0.2) is 0 Å². The summed E-state index contributed by atoms with van der Waals surface area (Å²) in [7, 11) is 0. The third-order valence-corrected chi connectivity index (χ3v) is 3.33. The van der Waals surface area contributed by atoms with E-state index in [2.05, 4.69) is 47.2 Å². The predicted octanol–water partition coefficient (Wildman–Crippen LogP) is 3.96. The number of nitrogens with one attached hydrogen (secondary N) is 1. The lowest BCUT2D eigenvalue weighted by molar-refractivity contribution is 0.565. The van der Waals surface area contributed by atoms with E-state index in [1.807, 2.05) is 20.8 Å². The van der Waals surface area contributed by atoms with E-state index in [9.17, 15) is 5.26 Å². The van der Waals surface area contributed by atoms with Gasteiger partial charge in [0, 0.05) is 11.3 Å². The van der Waals surface area contributed by atoms with E-state index in [1.54, 1.807) is 0 Å². The van der Waals surface area contributed by atoms with Crippen LogP contribution in [0.3, 0.4) is 0 Å². The first-order chi connectivity index (χ1) is 9.02. The Morgan fingerprint density at radius 2 is 1.79 bits per heavy atom. The lowest BCUT2D eigenvalue weighted by atomic mass is 9.97. The molecule has 2 rings (SSSR count). The van der Waals surface area contributed by atoms with Gasteiger partial charge < -0.3 is 4.98 Å². The molecule has 0 fully saturated rings. The van der Waals surface area contributed by atoms with Gasteiger partial charge in [0.2, 0.25) is 0 Å². The van der Waals surface area contributed by atoms with E-state index in [0.29, 0.717) is 0 Å². The quantitative estimate of drug-likeness (QED) is 0.900. The highest BCUT2D eigenvalue weighted by Gasteiger charge is 2.20. The summed E-state index contributed by atoms with van der Waals surface area (Å²) in [5, 5.41) is 9.25. The first-order valence-corrected chi connectivity index (χ1v) is 6.56. The molecule has 1 unspecified atom stereocenters. The van der Waals surface area contributed by atoms with Crippen molar-refractivity contribution in [2.75, 3.05) is 0 Å². The van der Waals surface area contributed by atoms with Crippen LogP contribution in [0, 0.1) is 31.1 Å². The second-order valence-corrected chi connectivity index (χ2v) is 5.31. The Morgan fingerprint density at radius 1 is 1.16 bits per heavy atom. The molecule has 0 aliphatic carbocycles. The Morgan fingerprint density at radius 3 is 2.32 bits per heavy atom. The maximum atomic E-state index is 9.25. The van der Waals surface area contributed by atoms with Crippen LogP contribution in [0.4, 0.5) is 0 Å². The fraction of sp³-hybridized carbons (Fsp3) is 0.375. The van der Waals surface area contributed by atoms with E-state index in [-0.39, 0.29) is 11.8 Å². The lowest BCUT2D eigenvalue weighted by Gasteiger charge is -2.08. The third-order valence-electron chi connectivity index (χ3n) is 3.33. The summed E-state index contributed by atoms with van der Waals surface area (Å²) in [5.74, 6) is 0.838. The van der Waals surface area contributed by atoms with Gasteiger partial charge in [-0.05, 0) is 19.8 Å². The third kappa shape index (κ3) is 2.68. The molecule has 0 aliphatic rings. The zero-order chi connectivity index (χ0) is 14.0. The molecule has 98 valence electrons. The molecular weight excluding hydrogens is 234 g/mol. The number of aromatic amines is 1. The minimum Gasteiger partial charge on any atom is -0.344 e. The average molecular weight is 253 g/mol. The van der Waals surface area contributed by atoms with Crippen LogP contribution in [0.1, 0.15) is 36.8 Å². The number of imidazole rings is 1. The van der Waals surface area contributed by atoms with Crippen molar-refractivity contribution >= 4 is 0 Å². The summed E-state index contributed by atoms with van der Waals surface area (Å²) in [6, 6.07) is 10.6. The average Bonchev–Trinajstić information content (AvgIpc) is 2.72. The van der Waals surface area contributed by atoms with Crippen LogP contribution < -0.4 is 0 Å². The summed E-state index contributed by atoms with van der Waals surface area (Å²) in [5.41, 5.74) is 4.27. The molecule has 1 aromatic carbocycles. The molecule has 1 aromatic heterocycles. The second-order valence-electron chi connectivity index (χ2n) is 5.31. The summed E-state index contributed by atoms with van der Waals surface area (Å²) in [4.78, 5) is 7.88. The van der Waals surface area contributed by atoms with E-state index in [0.717, 1.165) is 22.8 Å². The maximum absolute atomic E-state index is 9.25. The zero-order valence-electron chi connectivity index (χ0n) is 11.9. The van der Waals surface area contributed by atoms with Gasteiger partial charge in [-0.2, -0.15) is 5.26 Å². The van der Waals surface area contributed by atoms with E-state index < -0.39 is 0 Å². The summed E-state index contributed by atoms with van der Waals surface area (Å²) in [6.45, 7) is 8.14. The highest BCUT2D eigenvalue weighted by molar-refractivity contribution is 5.62. The fourth-order valence-corrected chi connectivity index (χ4v) is 2.15. The van der Waals surface area contributed by atoms with Crippen molar-refractivity contribution < 1.29 is 0 Å². The van der Waals surface area contributed by atoms with Gasteiger partial charge in [-0.25, -0.2) is 4.98 Å². The number of H-pyrrole nitrogens is 1. The van der Waals surface area contributed by atoms with Crippen LogP contribution in [-0.2, 0) is 0 Å². The molecule has 0 bridgehead atoms. The summed E-state index contributed by atoms with van der Waals surface area (Å²) >= 11 is 0. The molecule has 1 atom stereocenters. The maximum Gasteiger partial charge on any atom is 0.124 e. The number of rotatable bonds is 3. The van der Waals surface area contributed by atoms with Gasteiger partial charge >= 0.3 is 0 Å². The number of aryl methyl sites for hydroxylation is 2. The molecule has 1 heterocycles. The highest BCUT2D eigenvalue weighted by atomic mass is 14.9. The predicted molar refractivity (Wildman–Crippen MR) is 76.7 cm³/mol. The van der Waals surface area contributed by atoms with Gasteiger partial charge in [-0.3, -0.25) is 0 Å². The van der Waals surface area contributed by atoms with Crippen LogP contribution in [0.25, 0.3) is 11.3 Å². The number of hydrogen-bond acceptors (Lipinski definition) is 2. The van der Waals surface area contributed by atoms with Crippen molar-refractivity contribution in [2.45, 2.75) is 33.6 Å². The molecular formula is C16H19N3. The van der Waals surface area contributed by atoms with Crippen molar-refractivity contribution in [3.63, 3.8) is 0 Å². The van der Waals surface area contributed by atoms with Crippen molar-refractivity contribution in [1.82, 2.24) is 9.97 Å². The van der Waals surface area contributed by atoms with Crippen molar-refractivity contribution in [3.8, 4) is 17.3 Å². The van der Waals surface area contributed by atoms with Gasteiger partial charge in [0.25, 0.3) is 0 Å². The Labute approximate surface area is 114 Å². The Hall–Kier alpha value is -2.08. The largest absolute Gasteiger partial charge is 0.344 e. The van der Waals surface area contributed by atoms with Gasteiger partial charge in [-0.15, -0.1) is 0 Å². The molecule has 3 heteroatoms. The number of nitrogens with zero attached hydrogens (tertiary/aromatic N) is 2. The van der Waals surface area contributed by atoms with E-state index in [4.69, 9.17) is 0 Å². The number of benzene rings is 1. The van der Waals surface area contributed by atoms with Crippen LogP contribution >= 0.6 is 0 Å². The molecule has 0 spiro atoms. The molecule has 3 nitrogen and oxygen atoms in total. The first-order valence-electron chi connectivity index (χ1n) is 6.56. The normalized spacial score (nSPS) is 12.4. The van der Waals surface area contributed by atoms with Gasteiger partial charge in [-0.1, -0.05) is 43.7 Å². The van der Waals surface area contributed by atoms with Crippen molar-refractivity contribution in [1.29, 1.82) is 5.26 Å². The molecule has 1 N–H and O–H groups in total. The summed E-state index contributed by atoms with van der Waals surface area (Å²) < 4.78 is 0. The van der Waals surface area contributed by atoms with Gasteiger partial charge in [0.05, 0.1) is 11.8 Å². The molecule has 0 saturated carbocycles. The van der Waals surface area contributed by atoms with E-state index in [1.165, 1.54) is 5.56 Å². The zero-order valence-corrected chi connectivity index (χ0v) is 11.9. The number of aromatic nitrogens is 2. The van der Waals surface area contributed by atoms with Crippen LogP contribution in [-0.4, -0.2) is 9.97 Å². The van der Waals surface area contributed by atoms with Crippen LogP contribution in [0.2, 0.25) is 0 Å². The Kier molecular flexibility index (Phi) is 3.71. The standard InChI is InChI=1S/C16H19N3/c1-10(2)14(9-17)16-18-12(4)15(19-16)13-7-5-11(3)6-8-13/h5-8,10,14H,1-4H3,(H,18,19). The molecule has 0 aliphatic heterocycles. The lowest BCUT2D eigenvalue weighted by Crippen LogP contribution is -2.06. The first kappa shape index (κ1) is 13.4. The molecule has 2 aromatic rings. The minimum atomic E-state index is -0.183. The SMILES string of the molecule is Cc1ccc(-c2nc(C(C#N)C(C)C)[nH]c2C)cc1. The van der Waals surface area contributed by atoms with Crippen molar-refractivity contribution in [2.24, 2.45) is 5.92 Å². The van der Waals surface area contributed by atoms with Crippen molar-refractivity contribution in [3.05, 3.63) is 41.3 Å². The fourth-order valence-electron chi connectivity index (χ4n) is 2.15. The molecule has 19 heavy (non-hydrogen) atoms. The van der Waals surface area contributed by atoms with Crippen LogP contribution in [0.15, 0.2) is 24.3 Å². The topological polar surface area (TPSA) is 52.5 Å². The smallest absolute Gasteiger partial charge is 0.124 e. The number of nitriles is 1. The van der Waals surface area contributed by atoms with Crippen LogP contribution in [0.5, 0.6) is 0 Å².